The Hall–Kier alpha value is -1.18. The van der Waals surface area contributed by atoms with Crippen LogP contribution in [0.5, 0.6) is 0 Å². The van der Waals surface area contributed by atoms with Gasteiger partial charge in [0.05, 0.1) is 18.7 Å². The number of hydrogen-bond acceptors (Lipinski definition) is 3. The SMILES string of the molecule is N#CCC(N)c1cc(Cl)ncc1F. The normalized spacial score (nSPS) is 12.2. The zero-order chi connectivity index (χ0) is 9.84. The highest BCUT2D eigenvalue weighted by atomic mass is 35.5. The molecule has 1 atom stereocenters. The minimum atomic E-state index is -0.648. The number of nitrogens with zero attached hydrogens (tertiary/aromatic N) is 2. The van der Waals surface area contributed by atoms with Gasteiger partial charge in [-0.1, -0.05) is 11.6 Å². The summed E-state index contributed by atoms with van der Waals surface area (Å²) in [5, 5.41) is 8.53. The summed E-state index contributed by atoms with van der Waals surface area (Å²) in [7, 11) is 0. The van der Waals surface area contributed by atoms with Crippen molar-refractivity contribution in [1.29, 1.82) is 5.26 Å². The first kappa shape index (κ1) is 9.90. The van der Waals surface area contributed by atoms with Gasteiger partial charge >= 0.3 is 0 Å². The molecule has 0 fully saturated rings. The van der Waals surface area contributed by atoms with Crippen LogP contribution in [0.3, 0.4) is 0 Å². The van der Waals surface area contributed by atoms with E-state index in [9.17, 15) is 4.39 Å². The highest BCUT2D eigenvalue weighted by Crippen LogP contribution is 2.19. The summed E-state index contributed by atoms with van der Waals surface area (Å²) < 4.78 is 13.0. The zero-order valence-corrected chi connectivity index (χ0v) is 7.42. The van der Waals surface area contributed by atoms with Crippen molar-refractivity contribution >= 4 is 11.6 Å². The molecule has 1 rings (SSSR count). The third kappa shape index (κ3) is 2.38. The van der Waals surface area contributed by atoms with Gasteiger partial charge in [0.2, 0.25) is 0 Å². The van der Waals surface area contributed by atoms with Gasteiger partial charge in [-0.15, -0.1) is 0 Å². The molecule has 0 aromatic carbocycles. The lowest BCUT2D eigenvalue weighted by Crippen LogP contribution is -2.11. The van der Waals surface area contributed by atoms with Gasteiger partial charge < -0.3 is 5.73 Å². The van der Waals surface area contributed by atoms with E-state index in [0.29, 0.717) is 0 Å². The number of nitriles is 1. The summed E-state index contributed by atoms with van der Waals surface area (Å²) in [6, 6.07) is 2.54. The Kier molecular flexibility index (Phi) is 3.18. The molecule has 0 saturated carbocycles. The molecule has 0 aliphatic rings. The van der Waals surface area contributed by atoms with E-state index in [1.807, 2.05) is 6.07 Å². The quantitative estimate of drug-likeness (QED) is 0.739. The maximum absolute atomic E-state index is 13.0. The summed E-state index contributed by atoms with van der Waals surface area (Å²) in [4.78, 5) is 3.53. The second-order valence-corrected chi connectivity index (χ2v) is 2.88. The van der Waals surface area contributed by atoms with Crippen LogP contribution in [0.1, 0.15) is 18.0 Å². The molecule has 5 heteroatoms. The summed E-state index contributed by atoms with van der Waals surface area (Å²) in [6.07, 6.45) is 1.05. The van der Waals surface area contributed by atoms with Crippen LogP contribution in [-0.4, -0.2) is 4.98 Å². The lowest BCUT2D eigenvalue weighted by Gasteiger charge is -2.08. The fourth-order valence-corrected chi connectivity index (χ4v) is 1.09. The molecule has 0 saturated heterocycles. The highest BCUT2D eigenvalue weighted by molar-refractivity contribution is 6.29. The Bertz CT molecular complexity index is 348. The van der Waals surface area contributed by atoms with Gasteiger partial charge in [0, 0.05) is 11.6 Å². The van der Waals surface area contributed by atoms with Gasteiger partial charge in [-0.3, -0.25) is 0 Å². The number of rotatable bonds is 2. The van der Waals surface area contributed by atoms with E-state index in [1.54, 1.807) is 0 Å². The van der Waals surface area contributed by atoms with Gasteiger partial charge in [0.15, 0.2) is 0 Å². The highest BCUT2D eigenvalue weighted by Gasteiger charge is 2.11. The number of hydrogen-bond donors (Lipinski definition) is 1. The van der Waals surface area contributed by atoms with Crippen LogP contribution in [0.4, 0.5) is 4.39 Å². The molecule has 3 nitrogen and oxygen atoms in total. The molecule has 0 spiro atoms. The maximum atomic E-state index is 13.0. The second kappa shape index (κ2) is 4.17. The Balaban J connectivity index is 3.00. The molecular weight excluding hydrogens is 193 g/mol. The predicted octanol–water partition coefficient (Wildman–Crippen LogP) is 1.79. The number of nitrogens with two attached hydrogens (primary N) is 1. The van der Waals surface area contributed by atoms with Crippen LogP contribution in [0, 0.1) is 17.1 Å². The molecule has 2 N–H and O–H groups in total. The fourth-order valence-electron chi connectivity index (χ4n) is 0.920. The average Bonchev–Trinajstić information content (AvgIpc) is 2.09. The number of aromatic nitrogens is 1. The molecule has 1 aromatic rings. The third-order valence-corrected chi connectivity index (χ3v) is 1.77. The van der Waals surface area contributed by atoms with Gasteiger partial charge in [-0.25, -0.2) is 9.37 Å². The van der Waals surface area contributed by atoms with E-state index < -0.39 is 11.9 Å². The third-order valence-electron chi connectivity index (χ3n) is 1.56. The van der Waals surface area contributed by atoms with Crippen molar-refractivity contribution in [2.75, 3.05) is 0 Å². The molecule has 0 aliphatic carbocycles. The van der Waals surface area contributed by atoms with Crippen LogP contribution in [0.2, 0.25) is 5.15 Å². The van der Waals surface area contributed by atoms with Crippen LogP contribution >= 0.6 is 11.6 Å². The van der Waals surface area contributed by atoms with Crippen molar-refractivity contribution in [2.24, 2.45) is 5.73 Å². The second-order valence-electron chi connectivity index (χ2n) is 2.50. The van der Waals surface area contributed by atoms with Crippen LogP contribution in [0.15, 0.2) is 12.3 Å². The lowest BCUT2D eigenvalue weighted by molar-refractivity contribution is 0.579. The Labute approximate surface area is 79.9 Å². The van der Waals surface area contributed by atoms with Gasteiger partial charge in [0.1, 0.15) is 11.0 Å². The van der Waals surface area contributed by atoms with Crippen LogP contribution in [-0.2, 0) is 0 Å². The molecule has 1 aromatic heterocycles. The van der Waals surface area contributed by atoms with Crippen LogP contribution in [0.25, 0.3) is 0 Å². The number of pyridine rings is 1. The average molecular weight is 200 g/mol. The smallest absolute Gasteiger partial charge is 0.146 e. The predicted molar refractivity (Wildman–Crippen MR) is 46.4 cm³/mol. The van der Waals surface area contributed by atoms with E-state index in [0.717, 1.165) is 6.20 Å². The van der Waals surface area contributed by atoms with E-state index in [4.69, 9.17) is 22.6 Å². The zero-order valence-electron chi connectivity index (χ0n) is 6.67. The first-order chi connectivity index (χ1) is 6.15. The van der Waals surface area contributed by atoms with Gasteiger partial charge in [-0.05, 0) is 6.07 Å². The van der Waals surface area contributed by atoms with E-state index in [1.165, 1.54) is 6.07 Å². The molecule has 68 valence electrons. The van der Waals surface area contributed by atoms with Crippen molar-refractivity contribution < 1.29 is 4.39 Å². The Morgan fingerprint density at radius 2 is 2.46 bits per heavy atom. The first-order valence-corrected chi connectivity index (χ1v) is 3.96. The van der Waals surface area contributed by atoms with E-state index in [-0.39, 0.29) is 17.1 Å². The minimum Gasteiger partial charge on any atom is -0.323 e. The Morgan fingerprint density at radius 1 is 1.77 bits per heavy atom. The number of halogens is 2. The van der Waals surface area contributed by atoms with E-state index in [2.05, 4.69) is 4.98 Å². The molecule has 13 heavy (non-hydrogen) atoms. The summed E-state index contributed by atoms with van der Waals surface area (Å²) >= 11 is 5.54. The van der Waals surface area contributed by atoms with Crippen LogP contribution < -0.4 is 5.73 Å². The Morgan fingerprint density at radius 3 is 3.08 bits per heavy atom. The summed E-state index contributed by atoms with van der Waals surface area (Å²) in [5.74, 6) is -0.535. The van der Waals surface area contributed by atoms with Crippen molar-refractivity contribution in [1.82, 2.24) is 4.98 Å². The topological polar surface area (TPSA) is 62.7 Å². The van der Waals surface area contributed by atoms with Gasteiger partial charge in [0.25, 0.3) is 0 Å². The summed E-state index contributed by atoms with van der Waals surface area (Å²) in [6.45, 7) is 0. The van der Waals surface area contributed by atoms with E-state index >= 15 is 0 Å². The monoisotopic (exact) mass is 199 g/mol. The molecule has 1 heterocycles. The molecular formula is C8H7ClFN3. The maximum Gasteiger partial charge on any atom is 0.146 e. The largest absolute Gasteiger partial charge is 0.323 e. The van der Waals surface area contributed by atoms with Gasteiger partial charge in [-0.2, -0.15) is 5.26 Å². The first-order valence-electron chi connectivity index (χ1n) is 3.58. The minimum absolute atomic E-state index is 0.0528. The molecule has 1 unspecified atom stereocenters. The lowest BCUT2D eigenvalue weighted by atomic mass is 10.1. The van der Waals surface area contributed by atoms with Crippen molar-refractivity contribution in [3.8, 4) is 6.07 Å². The standard InChI is InChI=1S/C8H7ClFN3/c9-8-3-5(6(10)4-13-8)7(12)1-2-11/h3-4,7H,1,12H2. The van der Waals surface area contributed by atoms with Crippen molar-refractivity contribution in [3.63, 3.8) is 0 Å². The molecule has 0 bridgehead atoms. The van der Waals surface area contributed by atoms with Crippen molar-refractivity contribution in [3.05, 3.63) is 28.8 Å². The summed E-state index contributed by atoms with van der Waals surface area (Å²) in [5.41, 5.74) is 5.75. The molecule has 0 amide bonds. The fraction of sp³-hybridized carbons (Fsp3) is 0.250. The molecule has 0 aliphatic heterocycles. The van der Waals surface area contributed by atoms with Crippen molar-refractivity contribution in [2.45, 2.75) is 12.5 Å². The molecule has 0 radical (unpaired) electrons.